The van der Waals surface area contributed by atoms with Crippen LogP contribution < -0.4 is 0 Å². The van der Waals surface area contributed by atoms with Gasteiger partial charge in [-0.1, -0.05) is 36.4 Å². The van der Waals surface area contributed by atoms with Gasteiger partial charge in [-0.15, -0.1) is 4.91 Å². The van der Waals surface area contributed by atoms with E-state index >= 15 is 0 Å². The molecule has 2 aromatic heterocycles. The van der Waals surface area contributed by atoms with Crippen LogP contribution in [-0.4, -0.2) is 25.8 Å². The van der Waals surface area contributed by atoms with Gasteiger partial charge in [0, 0.05) is 17.0 Å². The Bertz CT molecular complexity index is 1020. The number of hydrogen-bond donors (Lipinski definition) is 2. The molecule has 4 aromatic rings. The van der Waals surface area contributed by atoms with Gasteiger partial charge >= 0.3 is 5.97 Å². The topological polar surface area (TPSA) is 105 Å². The molecule has 2 N–H and O–H groups in total. The van der Waals surface area contributed by atoms with Gasteiger partial charge in [0.05, 0.1) is 16.6 Å². The molecule has 0 saturated carbocycles. The molecule has 0 spiro atoms. The average Bonchev–Trinajstić information content (AvgIpc) is 2.97. The number of aromatic nitrogens is 2. The summed E-state index contributed by atoms with van der Waals surface area (Å²) in [5.41, 5.74) is 2.25. The number of para-hydroxylation sites is 2. The van der Waals surface area contributed by atoms with Crippen molar-refractivity contribution in [3.05, 3.63) is 77.3 Å². The Morgan fingerprint density at radius 2 is 1.48 bits per heavy atom. The Balaban J connectivity index is 0.000000569. The third-order valence-corrected chi connectivity index (χ3v) is 3.80. The normalized spacial score (nSPS) is 10.2. The molecule has 0 radical (unpaired) electrons. The van der Waals surface area contributed by atoms with Gasteiger partial charge in [0.25, 0.3) is 0 Å². The molecule has 2 heterocycles. The van der Waals surface area contributed by atoms with Crippen LogP contribution in [0.1, 0.15) is 10.4 Å². The number of carboxylic acids is 1. The summed E-state index contributed by atoms with van der Waals surface area (Å²) in [5, 5.41) is 19.3. The molecule has 0 bridgehead atoms. The van der Waals surface area contributed by atoms with Crippen molar-refractivity contribution in [3.63, 3.8) is 0 Å². The van der Waals surface area contributed by atoms with Crippen LogP contribution in [-0.2, 0) is 0 Å². The van der Waals surface area contributed by atoms with Gasteiger partial charge in [0.15, 0.2) is 5.34 Å². The predicted molar refractivity (Wildman–Crippen MR) is 93.1 cm³/mol. The fourth-order valence-electron chi connectivity index (χ4n) is 2.84. The molecular weight excluding hydrogens is 322 g/mol. The smallest absolute Gasteiger partial charge is 0.335 e. The molecule has 4 rings (SSSR count). The molecule has 0 saturated heterocycles. The largest absolute Gasteiger partial charge is 0.478 e. The summed E-state index contributed by atoms with van der Waals surface area (Å²) >= 11 is 0. The third kappa shape index (κ3) is 2.90. The van der Waals surface area contributed by atoms with Crippen molar-refractivity contribution >= 4 is 27.8 Å². The SMILES string of the molecule is O=C(O)c1ccnc(-n2c3ccccc3c3ccccc32)c1.O=NO. The molecule has 0 aliphatic rings. The van der Waals surface area contributed by atoms with Crippen LogP contribution in [0.25, 0.3) is 27.6 Å². The van der Waals surface area contributed by atoms with Crippen LogP contribution in [0.5, 0.6) is 0 Å². The van der Waals surface area contributed by atoms with E-state index < -0.39 is 5.97 Å². The maximum atomic E-state index is 11.2. The minimum Gasteiger partial charge on any atom is -0.478 e. The van der Waals surface area contributed by atoms with Gasteiger partial charge in [-0.2, -0.15) is 0 Å². The number of hydrogen-bond acceptors (Lipinski definition) is 4. The molecule has 2 aromatic carbocycles. The summed E-state index contributed by atoms with van der Waals surface area (Å²) < 4.78 is 2.00. The van der Waals surface area contributed by atoms with Gasteiger partial charge in [-0.25, -0.2) is 9.78 Å². The highest BCUT2D eigenvalue weighted by molar-refractivity contribution is 6.09. The van der Waals surface area contributed by atoms with E-state index in [1.165, 1.54) is 17.6 Å². The molecule has 25 heavy (non-hydrogen) atoms. The summed E-state index contributed by atoms with van der Waals surface area (Å²) in [7, 11) is 0. The number of carboxylic acid groups (broad SMARTS) is 1. The van der Waals surface area contributed by atoms with Gasteiger partial charge in [0.1, 0.15) is 5.82 Å². The maximum Gasteiger partial charge on any atom is 0.335 e. The van der Waals surface area contributed by atoms with Crippen molar-refractivity contribution in [1.82, 2.24) is 9.55 Å². The van der Waals surface area contributed by atoms with Crippen LogP contribution in [0.15, 0.2) is 72.2 Å². The first-order chi connectivity index (χ1) is 12.2. The van der Waals surface area contributed by atoms with Crippen molar-refractivity contribution in [3.8, 4) is 5.82 Å². The number of pyridine rings is 1. The lowest BCUT2D eigenvalue weighted by atomic mass is 10.2. The van der Waals surface area contributed by atoms with E-state index in [0.717, 1.165) is 21.8 Å². The summed E-state index contributed by atoms with van der Waals surface area (Å²) in [6.45, 7) is 0. The second kappa shape index (κ2) is 6.79. The quantitative estimate of drug-likeness (QED) is 0.425. The summed E-state index contributed by atoms with van der Waals surface area (Å²) in [5.74, 6) is -0.346. The van der Waals surface area contributed by atoms with Gasteiger partial charge in [-0.05, 0) is 24.3 Å². The van der Waals surface area contributed by atoms with Crippen molar-refractivity contribution in [2.24, 2.45) is 5.34 Å². The van der Waals surface area contributed by atoms with Crippen molar-refractivity contribution in [2.75, 3.05) is 0 Å². The van der Waals surface area contributed by atoms with Crippen molar-refractivity contribution in [2.45, 2.75) is 0 Å². The minimum atomic E-state index is -0.954. The molecule has 0 fully saturated rings. The lowest BCUT2D eigenvalue weighted by Crippen LogP contribution is -2.02. The van der Waals surface area contributed by atoms with E-state index in [-0.39, 0.29) is 5.56 Å². The lowest BCUT2D eigenvalue weighted by Gasteiger charge is -2.07. The van der Waals surface area contributed by atoms with E-state index in [2.05, 4.69) is 17.1 Å². The molecule has 0 amide bonds. The Morgan fingerprint density at radius 1 is 0.960 bits per heavy atom. The Hall–Kier alpha value is -3.74. The van der Waals surface area contributed by atoms with Crippen LogP contribution in [0, 0.1) is 4.91 Å². The van der Waals surface area contributed by atoms with Crippen molar-refractivity contribution in [1.29, 1.82) is 0 Å². The first kappa shape index (κ1) is 16.1. The second-order valence-electron chi connectivity index (χ2n) is 5.16. The molecule has 7 nitrogen and oxygen atoms in total. The molecule has 0 aliphatic carbocycles. The van der Waals surface area contributed by atoms with Crippen LogP contribution in [0.3, 0.4) is 0 Å². The molecule has 0 unspecified atom stereocenters. The molecule has 124 valence electrons. The van der Waals surface area contributed by atoms with E-state index in [1.54, 1.807) is 6.07 Å². The van der Waals surface area contributed by atoms with E-state index in [0.29, 0.717) is 5.82 Å². The summed E-state index contributed by atoms with van der Waals surface area (Å²) in [6, 6.07) is 19.2. The number of benzene rings is 2. The zero-order valence-corrected chi connectivity index (χ0v) is 12.9. The first-order valence-corrected chi connectivity index (χ1v) is 7.32. The highest BCUT2D eigenvalue weighted by Gasteiger charge is 2.13. The van der Waals surface area contributed by atoms with Crippen LogP contribution in [0.2, 0.25) is 0 Å². The first-order valence-electron chi connectivity index (χ1n) is 7.32. The number of nitrogens with zero attached hydrogens (tertiary/aromatic N) is 3. The Kier molecular flexibility index (Phi) is 4.38. The zero-order valence-electron chi connectivity index (χ0n) is 12.9. The molecule has 0 atom stereocenters. The van der Waals surface area contributed by atoms with E-state index in [9.17, 15) is 9.90 Å². The average molecular weight is 335 g/mol. The van der Waals surface area contributed by atoms with E-state index in [4.69, 9.17) is 10.1 Å². The predicted octanol–water partition coefficient (Wildman–Crippen LogP) is 4.02. The molecular formula is C18H13N3O4. The number of fused-ring (bicyclic) bond motifs is 3. The standard InChI is InChI=1S/C18H12N2O2.HNO2/c21-18(22)12-9-10-19-17(11-12)20-15-7-3-1-5-13(15)14-6-2-4-8-16(14)20;2-1-3/h1-11H,(H,21,22);(H,2,3). The Labute approximate surface area is 141 Å². The number of carbonyl (C=O) groups is 1. The summed E-state index contributed by atoms with van der Waals surface area (Å²) in [4.78, 5) is 23.7. The zero-order chi connectivity index (χ0) is 17.8. The fraction of sp³-hybridized carbons (Fsp3) is 0. The Morgan fingerprint density at radius 3 is 2.00 bits per heavy atom. The second-order valence-corrected chi connectivity index (χ2v) is 5.16. The van der Waals surface area contributed by atoms with Gasteiger partial charge in [-0.3, -0.25) is 4.57 Å². The number of rotatable bonds is 2. The lowest BCUT2D eigenvalue weighted by molar-refractivity contribution is 0.0696. The maximum absolute atomic E-state index is 11.2. The molecule has 0 aliphatic heterocycles. The van der Waals surface area contributed by atoms with Crippen molar-refractivity contribution < 1.29 is 15.1 Å². The van der Waals surface area contributed by atoms with Gasteiger partial charge in [0.2, 0.25) is 0 Å². The van der Waals surface area contributed by atoms with Crippen LogP contribution in [0.4, 0.5) is 0 Å². The van der Waals surface area contributed by atoms with Crippen LogP contribution >= 0.6 is 0 Å². The third-order valence-electron chi connectivity index (χ3n) is 3.80. The highest BCUT2D eigenvalue weighted by Crippen LogP contribution is 2.31. The fourth-order valence-corrected chi connectivity index (χ4v) is 2.84. The molecule has 7 heteroatoms. The van der Waals surface area contributed by atoms with E-state index in [1.807, 2.05) is 41.0 Å². The number of aromatic carboxylic acids is 1. The van der Waals surface area contributed by atoms with Gasteiger partial charge < -0.3 is 10.3 Å². The highest BCUT2D eigenvalue weighted by atomic mass is 16.6. The minimum absolute atomic E-state index is 0.229. The monoisotopic (exact) mass is 335 g/mol. The summed E-state index contributed by atoms with van der Waals surface area (Å²) in [6.07, 6.45) is 1.53.